The standard InChI is InChI=1S/C27H32ClN5O2/c1-16-11-19(12-20-15-32(3)8-7-21(16)20)23-13-30-26(29)27(31-23)35-17(2)24-22(28)6-5-18-14-33(4)9-10-34-25(18)24/h5-6,11-13,17H,7-10,14-15H2,1-4H3,(H2,29,30). The third-order valence-electron chi connectivity index (χ3n) is 6.89. The number of likely N-dealkylation sites (N-methyl/N-ethyl adjacent to an activating group) is 2. The van der Waals surface area contributed by atoms with Gasteiger partial charge in [-0.1, -0.05) is 17.7 Å². The van der Waals surface area contributed by atoms with Gasteiger partial charge in [-0.3, -0.25) is 4.90 Å². The Bertz CT molecular complexity index is 1260. The second-order valence-corrected chi connectivity index (χ2v) is 10.1. The first-order chi connectivity index (χ1) is 16.8. The molecule has 0 fully saturated rings. The van der Waals surface area contributed by atoms with E-state index in [4.69, 9.17) is 31.8 Å². The predicted octanol–water partition coefficient (Wildman–Crippen LogP) is 4.64. The summed E-state index contributed by atoms with van der Waals surface area (Å²) in [6.07, 6.45) is 2.35. The summed E-state index contributed by atoms with van der Waals surface area (Å²) in [5.41, 5.74) is 13.9. The summed E-state index contributed by atoms with van der Waals surface area (Å²) in [7, 11) is 4.23. The van der Waals surface area contributed by atoms with Gasteiger partial charge in [-0.05, 0) is 69.3 Å². The van der Waals surface area contributed by atoms with E-state index in [1.54, 1.807) is 6.20 Å². The number of nitrogens with two attached hydrogens (primary N) is 1. The summed E-state index contributed by atoms with van der Waals surface area (Å²) in [4.78, 5) is 13.7. The van der Waals surface area contributed by atoms with Gasteiger partial charge in [0.25, 0.3) is 5.88 Å². The summed E-state index contributed by atoms with van der Waals surface area (Å²) in [6.45, 7) is 8.34. The quantitative estimate of drug-likeness (QED) is 0.567. The van der Waals surface area contributed by atoms with E-state index in [0.29, 0.717) is 17.5 Å². The van der Waals surface area contributed by atoms with Crippen LogP contribution in [0.2, 0.25) is 5.02 Å². The number of benzene rings is 2. The minimum atomic E-state index is -0.424. The molecular formula is C27H32ClN5O2. The van der Waals surface area contributed by atoms with Crippen molar-refractivity contribution in [2.24, 2.45) is 0 Å². The van der Waals surface area contributed by atoms with Crippen LogP contribution < -0.4 is 15.2 Å². The normalized spacial score (nSPS) is 17.2. The number of fused-ring (bicyclic) bond motifs is 2. The molecule has 1 aromatic heterocycles. The molecule has 3 heterocycles. The molecule has 0 radical (unpaired) electrons. The third-order valence-corrected chi connectivity index (χ3v) is 7.22. The van der Waals surface area contributed by atoms with Gasteiger partial charge in [0.15, 0.2) is 5.82 Å². The van der Waals surface area contributed by atoms with Crippen molar-refractivity contribution >= 4 is 17.4 Å². The number of aryl methyl sites for hydroxylation is 1. The lowest BCUT2D eigenvalue weighted by Gasteiger charge is -2.27. The van der Waals surface area contributed by atoms with E-state index >= 15 is 0 Å². The molecule has 1 atom stereocenters. The Labute approximate surface area is 211 Å². The lowest BCUT2D eigenvalue weighted by Crippen LogP contribution is -2.27. The number of aromatic nitrogens is 2. The molecule has 0 bridgehead atoms. The van der Waals surface area contributed by atoms with Gasteiger partial charge >= 0.3 is 0 Å². The molecule has 2 aliphatic rings. The van der Waals surface area contributed by atoms with Gasteiger partial charge < -0.3 is 20.1 Å². The molecule has 2 aromatic carbocycles. The lowest BCUT2D eigenvalue weighted by atomic mass is 9.92. The molecule has 3 aromatic rings. The van der Waals surface area contributed by atoms with Gasteiger partial charge in [0.1, 0.15) is 18.5 Å². The zero-order valence-electron chi connectivity index (χ0n) is 20.8. The number of ether oxygens (including phenoxy) is 2. The molecule has 8 heteroatoms. The fourth-order valence-electron chi connectivity index (χ4n) is 5.01. The number of nitrogens with zero attached hydrogens (tertiary/aromatic N) is 4. The van der Waals surface area contributed by atoms with Gasteiger partial charge in [-0.2, -0.15) is 0 Å². The van der Waals surface area contributed by atoms with Crippen LogP contribution in [0.15, 0.2) is 30.5 Å². The Morgan fingerprint density at radius 1 is 1.11 bits per heavy atom. The number of nitrogen functional groups attached to an aromatic ring is 1. The fourth-order valence-corrected chi connectivity index (χ4v) is 5.31. The Kier molecular flexibility index (Phi) is 6.57. The van der Waals surface area contributed by atoms with Crippen molar-refractivity contribution in [3.8, 4) is 22.9 Å². The molecule has 7 nitrogen and oxygen atoms in total. The highest BCUT2D eigenvalue weighted by Crippen LogP contribution is 2.39. The van der Waals surface area contributed by atoms with Gasteiger partial charge in [0.05, 0.1) is 22.5 Å². The lowest BCUT2D eigenvalue weighted by molar-refractivity contribution is 0.207. The summed E-state index contributed by atoms with van der Waals surface area (Å²) >= 11 is 6.63. The molecule has 0 saturated carbocycles. The molecule has 35 heavy (non-hydrogen) atoms. The average molecular weight is 494 g/mol. The molecule has 2 aliphatic heterocycles. The molecule has 1 unspecified atom stereocenters. The molecule has 0 amide bonds. The highest BCUT2D eigenvalue weighted by atomic mass is 35.5. The van der Waals surface area contributed by atoms with Gasteiger partial charge in [-0.25, -0.2) is 9.97 Å². The smallest absolute Gasteiger partial charge is 0.258 e. The Balaban J connectivity index is 1.47. The monoisotopic (exact) mass is 493 g/mol. The molecule has 0 spiro atoms. The van der Waals surface area contributed by atoms with Crippen LogP contribution in [0.1, 0.15) is 40.8 Å². The summed E-state index contributed by atoms with van der Waals surface area (Å²) in [6, 6.07) is 8.30. The van der Waals surface area contributed by atoms with Crippen LogP contribution in [-0.2, 0) is 19.5 Å². The number of rotatable bonds is 4. The van der Waals surface area contributed by atoms with E-state index in [1.807, 2.05) is 19.1 Å². The highest BCUT2D eigenvalue weighted by molar-refractivity contribution is 6.31. The fraction of sp³-hybridized carbons (Fsp3) is 0.407. The first-order valence-electron chi connectivity index (χ1n) is 12.0. The Morgan fingerprint density at radius 3 is 2.71 bits per heavy atom. The zero-order chi connectivity index (χ0) is 24.7. The van der Waals surface area contributed by atoms with E-state index in [-0.39, 0.29) is 5.82 Å². The number of hydrogen-bond donors (Lipinski definition) is 1. The van der Waals surface area contributed by atoms with Gasteiger partial charge in [-0.15, -0.1) is 0 Å². The first kappa shape index (κ1) is 23.9. The minimum absolute atomic E-state index is 0.244. The molecule has 5 rings (SSSR count). The van der Waals surface area contributed by atoms with Crippen molar-refractivity contribution in [1.82, 2.24) is 19.8 Å². The molecule has 0 saturated heterocycles. The van der Waals surface area contributed by atoms with Crippen molar-refractivity contribution in [3.05, 3.63) is 63.3 Å². The van der Waals surface area contributed by atoms with E-state index in [0.717, 1.165) is 60.7 Å². The number of halogens is 1. The van der Waals surface area contributed by atoms with E-state index in [9.17, 15) is 0 Å². The third kappa shape index (κ3) is 4.81. The SMILES string of the molecule is Cc1cc(-c2cnc(N)c(OC(C)c3c(Cl)ccc4c3OCCN(C)C4)n2)cc2c1CCN(C)C2. The van der Waals surface area contributed by atoms with E-state index < -0.39 is 6.10 Å². The van der Waals surface area contributed by atoms with Gasteiger partial charge in [0.2, 0.25) is 0 Å². The maximum Gasteiger partial charge on any atom is 0.258 e. The molecule has 0 aliphatic carbocycles. The number of hydrogen-bond acceptors (Lipinski definition) is 7. The topological polar surface area (TPSA) is 76.7 Å². The van der Waals surface area contributed by atoms with Gasteiger partial charge in [0, 0.05) is 37.3 Å². The van der Waals surface area contributed by atoms with Crippen molar-refractivity contribution in [1.29, 1.82) is 0 Å². The van der Waals surface area contributed by atoms with Crippen molar-refractivity contribution < 1.29 is 9.47 Å². The van der Waals surface area contributed by atoms with E-state index in [1.165, 1.54) is 16.7 Å². The second kappa shape index (κ2) is 9.64. The predicted molar refractivity (Wildman–Crippen MR) is 139 cm³/mol. The van der Waals surface area contributed by atoms with Crippen LogP contribution in [0.25, 0.3) is 11.3 Å². The highest BCUT2D eigenvalue weighted by Gasteiger charge is 2.25. The van der Waals surface area contributed by atoms with Crippen molar-refractivity contribution in [2.45, 2.75) is 39.5 Å². The zero-order valence-corrected chi connectivity index (χ0v) is 21.5. The summed E-state index contributed by atoms with van der Waals surface area (Å²) in [5.74, 6) is 1.32. The minimum Gasteiger partial charge on any atom is -0.491 e. The number of anilines is 1. The average Bonchev–Trinajstić information content (AvgIpc) is 3.00. The summed E-state index contributed by atoms with van der Waals surface area (Å²) < 4.78 is 12.4. The summed E-state index contributed by atoms with van der Waals surface area (Å²) in [5, 5.41) is 0.595. The maximum atomic E-state index is 6.63. The van der Waals surface area contributed by atoms with Crippen LogP contribution in [0.3, 0.4) is 0 Å². The maximum absolute atomic E-state index is 6.63. The Morgan fingerprint density at radius 2 is 1.89 bits per heavy atom. The van der Waals surface area contributed by atoms with Crippen molar-refractivity contribution in [2.75, 3.05) is 39.5 Å². The van der Waals surface area contributed by atoms with Crippen LogP contribution in [-0.4, -0.2) is 53.6 Å². The molecule has 2 N–H and O–H groups in total. The van der Waals surface area contributed by atoms with Crippen molar-refractivity contribution in [3.63, 3.8) is 0 Å². The van der Waals surface area contributed by atoms with E-state index in [2.05, 4.69) is 47.9 Å². The molecule has 184 valence electrons. The second-order valence-electron chi connectivity index (χ2n) is 9.66. The van der Waals surface area contributed by atoms with Crippen LogP contribution >= 0.6 is 11.6 Å². The van der Waals surface area contributed by atoms with Crippen LogP contribution in [0.4, 0.5) is 5.82 Å². The first-order valence-corrected chi connectivity index (χ1v) is 12.4. The van der Waals surface area contributed by atoms with Crippen LogP contribution in [0.5, 0.6) is 11.6 Å². The molecular weight excluding hydrogens is 462 g/mol. The largest absolute Gasteiger partial charge is 0.491 e. The Hall–Kier alpha value is -2.87. The van der Waals surface area contributed by atoms with Crippen LogP contribution in [0, 0.1) is 6.92 Å².